The molecular weight excluding hydrogens is 277 g/mol. The summed E-state index contributed by atoms with van der Waals surface area (Å²) in [4.78, 5) is 14.5. The van der Waals surface area contributed by atoms with Gasteiger partial charge in [-0.05, 0) is 43.0 Å². The summed E-state index contributed by atoms with van der Waals surface area (Å²) in [5.41, 5.74) is 3.15. The molecule has 2 aromatic rings. The van der Waals surface area contributed by atoms with Crippen molar-refractivity contribution in [2.45, 2.75) is 32.2 Å². The average molecular weight is 297 g/mol. The molecule has 22 heavy (non-hydrogen) atoms. The summed E-state index contributed by atoms with van der Waals surface area (Å²) in [5.74, 6) is -0.212. The first-order chi connectivity index (χ1) is 10.6. The maximum absolute atomic E-state index is 13.3. The fraction of sp³-hybridized carbons (Fsp3) is 0.316. The van der Waals surface area contributed by atoms with Gasteiger partial charge < -0.3 is 4.90 Å². The van der Waals surface area contributed by atoms with Crippen LogP contribution in [0.2, 0.25) is 0 Å². The van der Waals surface area contributed by atoms with Crippen LogP contribution in [-0.4, -0.2) is 17.4 Å². The van der Waals surface area contributed by atoms with Crippen molar-refractivity contribution < 1.29 is 9.18 Å². The van der Waals surface area contributed by atoms with E-state index in [-0.39, 0.29) is 24.2 Å². The van der Waals surface area contributed by atoms with E-state index < -0.39 is 0 Å². The van der Waals surface area contributed by atoms with E-state index in [9.17, 15) is 9.18 Å². The summed E-state index contributed by atoms with van der Waals surface area (Å²) in [7, 11) is 0. The van der Waals surface area contributed by atoms with Crippen LogP contribution in [0.1, 0.15) is 35.6 Å². The van der Waals surface area contributed by atoms with Crippen LogP contribution in [-0.2, 0) is 11.2 Å². The SMILES string of the molecule is Cc1cccc([C@H]2CCCN2C(=O)Cc2cccc(F)c2)c1. The van der Waals surface area contributed by atoms with Crippen LogP contribution in [0.25, 0.3) is 0 Å². The highest BCUT2D eigenvalue weighted by Gasteiger charge is 2.29. The number of halogens is 1. The lowest BCUT2D eigenvalue weighted by atomic mass is 10.0. The van der Waals surface area contributed by atoms with Crippen molar-refractivity contribution in [1.29, 1.82) is 0 Å². The van der Waals surface area contributed by atoms with Crippen LogP contribution in [0.3, 0.4) is 0 Å². The van der Waals surface area contributed by atoms with Gasteiger partial charge in [-0.15, -0.1) is 0 Å². The Morgan fingerprint density at radius 1 is 1.23 bits per heavy atom. The third-order valence-corrected chi connectivity index (χ3v) is 4.24. The van der Waals surface area contributed by atoms with Crippen LogP contribution >= 0.6 is 0 Å². The Balaban J connectivity index is 1.76. The maximum atomic E-state index is 13.3. The molecule has 1 heterocycles. The van der Waals surface area contributed by atoms with E-state index in [4.69, 9.17) is 0 Å². The largest absolute Gasteiger partial charge is 0.335 e. The van der Waals surface area contributed by atoms with Gasteiger partial charge in [0.25, 0.3) is 0 Å². The minimum Gasteiger partial charge on any atom is -0.335 e. The number of carbonyl (C=O) groups excluding carboxylic acids is 1. The summed E-state index contributed by atoms with van der Waals surface area (Å²) in [6, 6.07) is 14.8. The van der Waals surface area contributed by atoms with Gasteiger partial charge >= 0.3 is 0 Å². The zero-order valence-electron chi connectivity index (χ0n) is 12.8. The lowest BCUT2D eigenvalue weighted by Crippen LogP contribution is -2.31. The van der Waals surface area contributed by atoms with Gasteiger partial charge in [0.05, 0.1) is 12.5 Å². The van der Waals surface area contributed by atoms with Crippen molar-refractivity contribution in [2.24, 2.45) is 0 Å². The van der Waals surface area contributed by atoms with Crippen LogP contribution < -0.4 is 0 Å². The normalized spacial score (nSPS) is 17.7. The third kappa shape index (κ3) is 3.19. The molecule has 0 bridgehead atoms. The molecule has 114 valence electrons. The van der Waals surface area contributed by atoms with E-state index in [2.05, 4.69) is 25.1 Å². The van der Waals surface area contributed by atoms with Crippen LogP contribution in [0.4, 0.5) is 4.39 Å². The minimum absolute atomic E-state index is 0.0783. The first-order valence-electron chi connectivity index (χ1n) is 7.74. The smallest absolute Gasteiger partial charge is 0.227 e. The Labute approximate surface area is 130 Å². The molecule has 1 atom stereocenters. The van der Waals surface area contributed by atoms with E-state index in [0.29, 0.717) is 0 Å². The predicted molar refractivity (Wildman–Crippen MR) is 85.0 cm³/mol. The van der Waals surface area contributed by atoms with Gasteiger partial charge in [-0.25, -0.2) is 4.39 Å². The van der Waals surface area contributed by atoms with Gasteiger partial charge in [0.2, 0.25) is 5.91 Å². The second-order valence-corrected chi connectivity index (χ2v) is 5.97. The Morgan fingerprint density at radius 3 is 2.82 bits per heavy atom. The molecule has 3 rings (SSSR count). The van der Waals surface area contributed by atoms with Crippen molar-refractivity contribution >= 4 is 5.91 Å². The standard InChI is InChI=1S/C19H20FNO/c1-14-5-2-7-16(11-14)18-9-4-10-21(18)19(22)13-15-6-3-8-17(20)12-15/h2-3,5-8,11-12,18H,4,9-10,13H2,1H3/t18-/m1/s1. The highest BCUT2D eigenvalue weighted by molar-refractivity contribution is 5.79. The molecule has 1 aliphatic rings. The summed E-state index contributed by atoms with van der Waals surface area (Å²) in [6.07, 6.45) is 2.28. The molecule has 2 aromatic carbocycles. The molecule has 0 aromatic heterocycles. The van der Waals surface area contributed by atoms with Gasteiger partial charge in [-0.3, -0.25) is 4.79 Å². The topological polar surface area (TPSA) is 20.3 Å². The van der Waals surface area contributed by atoms with Crippen molar-refractivity contribution in [3.63, 3.8) is 0 Å². The molecule has 1 fully saturated rings. The first kappa shape index (κ1) is 14.8. The summed E-state index contributed by atoms with van der Waals surface area (Å²) in [5, 5.41) is 0. The monoisotopic (exact) mass is 297 g/mol. The highest BCUT2D eigenvalue weighted by atomic mass is 19.1. The molecule has 0 aliphatic carbocycles. The summed E-state index contributed by atoms with van der Waals surface area (Å²) < 4.78 is 13.3. The maximum Gasteiger partial charge on any atom is 0.227 e. The Morgan fingerprint density at radius 2 is 2.05 bits per heavy atom. The molecule has 1 amide bonds. The first-order valence-corrected chi connectivity index (χ1v) is 7.74. The van der Waals surface area contributed by atoms with Crippen LogP contribution in [0.15, 0.2) is 48.5 Å². The molecule has 1 aliphatic heterocycles. The highest BCUT2D eigenvalue weighted by Crippen LogP contribution is 2.32. The fourth-order valence-corrected chi connectivity index (χ4v) is 3.21. The number of carbonyl (C=O) groups is 1. The van der Waals surface area contributed by atoms with E-state index >= 15 is 0 Å². The second-order valence-electron chi connectivity index (χ2n) is 5.97. The molecule has 0 unspecified atom stereocenters. The van der Waals surface area contributed by atoms with Crippen molar-refractivity contribution in [2.75, 3.05) is 6.54 Å². The zero-order chi connectivity index (χ0) is 15.5. The second kappa shape index (κ2) is 6.30. The third-order valence-electron chi connectivity index (χ3n) is 4.24. The molecule has 0 N–H and O–H groups in total. The van der Waals surface area contributed by atoms with Gasteiger partial charge in [0.1, 0.15) is 5.82 Å². The number of benzene rings is 2. The number of aryl methyl sites for hydroxylation is 1. The number of hydrogen-bond donors (Lipinski definition) is 0. The van der Waals surface area contributed by atoms with E-state index in [1.807, 2.05) is 11.0 Å². The van der Waals surface area contributed by atoms with Crippen molar-refractivity contribution in [3.8, 4) is 0 Å². The van der Waals surface area contributed by atoms with Crippen LogP contribution in [0.5, 0.6) is 0 Å². The molecule has 1 saturated heterocycles. The predicted octanol–water partition coefficient (Wildman–Crippen LogP) is 4.04. The Kier molecular flexibility index (Phi) is 4.23. The van der Waals surface area contributed by atoms with Gasteiger partial charge in [0, 0.05) is 6.54 Å². The van der Waals surface area contributed by atoms with Crippen LogP contribution in [0, 0.1) is 12.7 Å². The lowest BCUT2D eigenvalue weighted by molar-refractivity contribution is -0.131. The quantitative estimate of drug-likeness (QED) is 0.837. The van der Waals surface area contributed by atoms with E-state index in [1.54, 1.807) is 12.1 Å². The number of amides is 1. The number of rotatable bonds is 3. The van der Waals surface area contributed by atoms with Crippen molar-refractivity contribution in [1.82, 2.24) is 4.90 Å². The molecule has 0 spiro atoms. The Bertz CT molecular complexity index is 683. The molecular formula is C19H20FNO. The number of likely N-dealkylation sites (tertiary alicyclic amines) is 1. The average Bonchev–Trinajstić information content (AvgIpc) is 2.97. The summed E-state index contributed by atoms with van der Waals surface area (Å²) in [6.45, 7) is 2.85. The molecule has 3 heteroatoms. The van der Waals surface area contributed by atoms with Crippen molar-refractivity contribution in [3.05, 3.63) is 71.0 Å². The molecule has 0 radical (unpaired) electrons. The van der Waals surface area contributed by atoms with Gasteiger partial charge in [-0.1, -0.05) is 42.0 Å². The molecule has 0 saturated carbocycles. The minimum atomic E-state index is -0.290. The van der Waals surface area contributed by atoms with Gasteiger partial charge in [0.15, 0.2) is 0 Å². The van der Waals surface area contributed by atoms with E-state index in [1.165, 1.54) is 23.3 Å². The fourth-order valence-electron chi connectivity index (χ4n) is 3.21. The lowest BCUT2D eigenvalue weighted by Gasteiger charge is -2.25. The summed E-state index contributed by atoms with van der Waals surface area (Å²) >= 11 is 0. The zero-order valence-corrected chi connectivity index (χ0v) is 12.8. The molecule has 2 nitrogen and oxygen atoms in total. The van der Waals surface area contributed by atoms with E-state index in [0.717, 1.165) is 24.9 Å². The Hall–Kier alpha value is -2.16. The number of hydrogen-bond acceptors (Lipinski definition) is 1. The van der Waals surface area contributed by atoms with Gasteiger partial charge in [-0.2, -0.15) is 0 Å². The number of nitrogens with zero attached hydrogens (tertiary/aromatic N) is 1.